The zero-order chi connectivity index (χ0) is 15.0. The minimum Gasteiger partial charge on any atom is -0.340 e. The molecular formula is C17H15BrN2O. The summed E-state index contributed by atoms with van der Waals surface area (Å²) in [5.41, 5.74) is 3.61. The van der Waals surface area contributed by atoms with Crippen LogP contribution in [0.5, 0.6) is 0 Å². The Balaban J connectivity index is 1.93. The van der Waals surface area contributed by atoms with E-state index in [1.165, 1.54) is 0 Å². The van der Waals surface area contributed by atoms with E-state index in [4.69, 9.17) is 0 Å². The third kappa shape index (κ3) is 2.59. The van der Waals surface area contributed by atoms with Crippen molar-refractivity contribution in [2.75, 3.05) is 5.32 Å². The van der Waals surface area contributed by atoms with E-state index in [2.05, 4.69) is 21.2 Å². The maximum atomic E-state index is 12.5. The van der Waals surface area contributed by atoms with E-state index in [9.17, 15) is 4.79 Å². The summed E-state index contributed by atoms with van der Waals surface area (Å²) in [5, 5.41) is 4.00. The average Bonchev–Trinajstić information content (AvgIpc) is 2.81. The number of aromatic nitrogens is 1. The highest BCUT2D eigenvalue weighted by atomic mass is 79.9. The molecule has 4 heteroatoms. The fraction of sp³-hybridized carbons (Fsp3) is 0.118. The molecule has 21 heavy (non-hydrogen) atoms. The molecule has 1 N–H and O–H groups in total. The van der Waals surface area contributed by atoms with Crippen LogP contribution in [0.15, 0.2) is 53.0 Å². The molecule has 0 aliphatic heterocycles. The number of halogens is 1. The summed E-state index contributed by atoms with van der Waals surface area (Å²) in [5.74, 6) is -0.107. The van der Waals surface area contributed by atoms with Crippen molar-refractivity contribution in [1.29, 1.82) is 0 Å². The smallest absolute Gasteiger partial charge is 0.272 e. The number of nitrogens with one attached hydrogen (secondary N) is 1. The Labute approximate surface area is 131 Å². The number of carbonyl (C=O) groups excluding carboxylic acids is 1. The highest BCUT2D eigenvalue weighted by Gasteiger charge is 2.13. The van der Waals surface area contributed by atoms with E-state index in [1.54, 1.807) is 0 Å². The minimum absolute atomic E-state index is 0.107. The van der Waals surface area contributed by atoms with Crippen LogP contribution in [0.4, 0.5) is 5.69 Å². The Hall–Kier alpha value is -2.07. The van der Waals surface area contributed by atoms with Crippen LogP contribution in [-0.2, 0) is 7.05 Å². The fourth-order valence-electron chi connectivity index (χ4n) is 2.37. The maximum Gasteiger partial charge on any atom is 0.272 e. The maximum absolute atomic E-state index is 12.5. The predicted molar refractivity (Wildman–Crippen MR) is 89.8 cm³/mol. The molecule has 0 fully saturated rings. The molecule has 3 aromatic rings. The van der Waals surface area contributed by atoms with Gasteiger partial charge in [-0.25, -0.2) is 0 Å². The standard InChI is InChI=1S/C17H15BrN2O/c1-11-7-8-13(10-14(11)18)19-17(21)16-9-12-5-3-4-6-15(12)20(16)2/h3-10H,1-2H3,(H,19,21). The van der Waals surface area contributed by atoms with Gasteiger partial charge in [0.25, 0.3) is 5.91 Å². The fourth-order valence-corrected chi connectivity index (χ4v) is 2.75. The Morgan fingerprint density at radius 2 is 1.90 bits per heavy atom. The average molecular weight is 343 g/mol. The Kier molecular flexibility index (Phi) is 3.55. The zero-order valence-corrected chi connectivity index (χ0v) is 13.4. The number of anilines is 1. The van der Waals surface area contributed by atoms with E-state index in [0.717, 1.165) is 26.6 Å². The summed E-state index contributed by atoms with van der Waals surface area (Å²) in [6.07, 6.45) is 0. The van der Waals surface area contributed by atoms with Gasteiger partial charge in [-0.15, -0.1) is 0 Å². The van der Waals surface area contributed by atoms with Crippen LogP contribution in [0.3, 0.4) is 0 Å². The van der Waals surface area contributed by atoms with Crippen molar-refractivity contribution in [3.8, 4) is 0 Å². The lowest BCUT2D eigenvalue weighted by molar-refractivity contribution is 0.102. The molecule has 0 saturated carbocycles. The number of nitrogens with zero attached hydrogens (tertiary/aromatic N) is 1. The number of amides is 1. The van der Waals surface area contributed by atoms with Crippen LogP contribution in [0, 0.1) is 6.92 Å². The first kappa shape index (κ1) is 13.9. The number of para-hydroxylation sites is 1. The van der Waals surface area contributed by atoms with E-state index >= 15 is 0 Å². The van der Waals surface area contributed by atoms with Crippen molar-refractivity contribution in [1.82, 2.24) is 4.57 Å². The van der Waals surface area contributed by atoms with Gasteiger partial charge in [0.05, 0.1) is 0 Å². The summed E-state index contributed by atoms with van der Waals surface area (Å²) in [6, 6.07) is 15.7. The normalized spacial score (nSPS) is 10.8. The van der Waals surface area contributed by atoms with Gasteiger partial charge >= 0.3 is 0 Å². The van der Waals surface area contributed by atoms with E-state index in [1.807, 2.05) is 67.1 Å². The predicted octanol–water partition coefficient (Wildman–Crippen LogP) is 4.50. The van der Waals surface area contributed by atoms with Gasteiger partial charge in [0.2, 0.25) is 0 Å². The molecule has 0 unspecified atom stereocenters. The first-order valence-electron chi connectivity index (χ1n) is 6.68. The highest BCUT2D eigenvalue weighted by molar-refractivity contribution is 9.10. The molecule has 1 amide bonds. The first-order valence-corrected chi connectivity index (χ1v) is 7.47. The van der Waals surface area contributed by atoms with E-state index in [-0.39, 0.29) is 5.91 Å². The number of hydrogen-bond donors (Lipinski definition) is 1. The highest BCUT2D eigenvalue weighted by Crippen LogP contribution is 2.22. The molecule has 3 rings (SSSR count). The molecule has 0 aliphatic rings. The van der Waals surface area contributed by atoms with Crippen molar-refractivity contribution >= 4 is 38.4 Å². The molecule has 0 atom stereocenters. The monoisotopic (exact) mass is 342 g/mol. The Morgan fingerprint density at radius 1 is 1.14 bits per heavy atom. The first-order chi connectivity index (χ1) is 10.1. The third-order valence-corrected chi connectivity index (χ3v) is 4.47. The topological polar surface area (TPSA) is 34.0 Å². The largest absolute Gasteiger partial charge is 0.340 e. The summed E-state index contributed by atoms with van der Waals surface area (Å²) in [7, 11) is 1.91. The SMILES string of the molecule is Cc1ccc(NC(=O)c2cc3ccccc3n2C)cc1Br. The molecule has 0 bridgehead atoms. The van der Waals surface area contributed by atoms with Gasteiger partial charge < -0.3 is 9.88 Å². The van der Waals surface area contributed by atoms with Crippen molar-refractivity contribution in [3.05, 3.63) is 64.3 Å². The summed E-state index contributed by atoms with van der Waals surface area (Å²) in [6.45, 7) is 2.01. The van der Waals surface area contributed by atoms with Crippen molar-refractivity contribution in [2.24, 2.45) is 7.05 Å². The second kappa shape index (κ2) is 5.37. The Bertz CT molecular complexity index is 836. The van der Waals surface area contributed by atoms with Crippen LogP contribution in [0.2, 0.25) is 0 Å². The summed E-state index contributed by atoms with van der Waals surface area (Å²) in [4.78, 5) is 12.5. The quantitative estimate of drug-likeness (QED) is 0.730. The van der Waals surface area contributed by atoms with Crippen LogP contribution < -0.4 is 5.32 Å². The van der Waals surface area contributed by atoms with Gasteiger partial charge in [-0.1, -0.05) is 40.2 Å². The number of rotatable bonds is 2. The van der Waals surface area contributed by atoms with Gasteiger partial charge in [-0.3, -0.25) is 4.79 Å². The molecular weight excluding hydrogens is 328 g/mol. The second-order valence-corrected chi connectivity index (χ2v) is 5.92. The lowest BCUT2D eigenvalue weighted by atomic mass is 10.2. The van der Waals surface area contributed by atoms with E-state index < -0.39 is 0 Å². The molecule has 0 saturated heterocycles. The van der Waals surface area contributed by atoms with Crippen LogP contribution in [-0.4, -0.2) is 10.5 Å². The molecule has 106 valence electrons. The van der Waals surface area contributed by atoms with Crippen molar-refractivity contribution < 1.29 is 4.79 Å². The number of benzene rings is 2. The summed E-state index contributed by atoms with van der Waals surface area (Å²) < 4.78 is 2.89. The van der Waals surface area contributed by atoms with Crippen LogP contribution in [0.1, 0.15) is 16.1 Å². The molecule has 3 nitrogen and oxygen atoms in total. The number of carbonyl (C=O) groups is 1. The van der Waals surface area contributed by atoms with Crippen molar-refractivity contribution in [2.45, 2.75) is 6.92 Å². The van der Waals surface area contributed by atoms with Gasteiger partial charge in [-0.05, 0) is 36.8 Å². The van der Waals surface area contributed by atoms with Gasteiger partial charge in [0, 0.05) is 28.1 Å². The Morgan fingerprint density at radius 3 is 2.62 bits per heavy atom. The van der Waals surface area contributed by atoms with Gasteiger partial charge in [0.15, 0.2) is 0 Å². The molecule has 2 aromatic carbocycles. The molecule has 0 aliphatic carbocycles. The van der Waals surface area contributed by atoms with Crippen LogP contribution >= 0.6 is 15.9 Å². The van der Waals surface area contributed by atoms with Gasteiger partial charge in [-0.2, -0.15) is 0 Å². The van der Waals surface area contributed by atoms with E-state index in [0.29, 0.717) is 5.69 Å². The van der Waals surface area contributed by atoms with Crippen molar-refractivity contribution in [3.63, 3.8) is 0 Å². The lowest BCUT2D eigenvalue weighted by Gasteiger charge is -2.08. The minimum atomic E-state index is -0.107. The molecule has 1 heterocycles. The number of fused-ring (bicyclic) bond motifs is 1. The van der Waals surface area contributed by atoms with Gasteiger partial charge in [0.1, 0.15) is 5.69 Å². The zero-order valence-electron chi connectivity index (χ0n) is 11.9. The number of aryl methyl sites for hydroxylation is 2. The summed E-state index contributed by atoms with van der Waals surface area (Å²) >= 11 is 3.48. The molecule has 0 spiro atoms. The molecule has 1 aromatic heterocycles. The molecule has 0 radical (unpaired) electrons. The van der Waals surface area contributed by atoms with Crippen LogP contribution in [0.25, 0.3) is 10.9 Å². The number of hydrogen-bond acceptors (Lipinski definition) is 1. The second-order valence-electron chi connectivity index (χ2n) is 5.07. The third-order valence-electron chi connectivity index (χ3n) is 3.61. The lowest BCUT2D eigenvalue weighted by Crippen LogP contribution is -2.15.